The minimum absolute atomic E-state index is 0.324. The third-order valence-electron chi connectivity index (χ3n) is 2.76. The van der Waals surface area contributed by atoms with Gasteiger partial charge in [0.25, 0.3) is 0 Å². The fourth-order valence-corrected chi connectivity index (χ4v) is 2.36. The smallest absolute Gasteiger partial charge is 0.124 e. The van der Waals surface area contributed by atoms with Crippen LogP contribution in [0, 0.1) is 17.1 Å². The van der Waals surface area contributed by atoms with Gasteiger partial charge in [0.1, 0.15) is 11.9 Å². The zero-order valence-electron chi connectivity index (χ0n) is 10.1. The van der Waals surface area contributed by atoms with Gasteiger partial charge in [-0.2, -0.15) is 5.26 Å². The molecule has 0 radical (unpaired) electrons. The minimum atomic E-state index is -0.477. The van der Waals surface area contributed by atoms with Gasteiger partial charge >= 0.3 is 0 Å². The number of rotatable bonds is 4. The summed E-state index contributed by atoms with van der Waals surface area (Å²) in [5.74, 6) is -0.324. The van der Waals surface area contributed by atoms with Crippen molar-refractivity contribution in [1.82, 2.24) is 5.32 Å². The average molecular weight is 319 g/mol. The first kappa shape index (κ1) is 13.7. The molecule has 19 heavy (non-hydrogen) atoms. The first-order valence-electron chi connectivity index (χ1n) is 5.82. The summed E-state index contributed by atoms with van der Waals surface area (Å²) in [6.45, 7) is 0.586. The Morgan fingerprint density at radius 1 is 1.21 bits per heavy atom. The van der Waals surface area contributed by atoms with Crippen molar-refractivity contribution in [3.63, 3.8) is 0 Å². The molecule has 0 aliphatic carbocycles. The lowest BCUT2D eigenvalue weighted by atomic mass is 10.1. The lowest BCUT2D eigenvalue weighted by Gasteiger charge is -2.13. The molecule has 4 heteroatoms. The molecule has 2 rings (SSSR count). The van der Waals surface area contributed by atoms with Crippen molar-refractivity contribution >= 4 is 15.9 Å². The van der Waals surface area contributed by atoms with Gasteiger partial charge in [-0.25, -0.2) is 4.39 Å². The summed E-state index contributed by atoms with van der Waals surface area (Å²) in [7, 11) is 0. The Balaban J connectivity index is 2.11. The summed E-state index contributed by atoms with van der Waals surface area (Å²) in [6.07, 6.45) is 0. The number of benzene rings is 2. The second-order valence-electron chi connectivity index (χ2n) is 4.09. The van der Waals surface area contributed by atoms with Crippen molar-refractivity contribution in [1.29, 1.82) is 5.26 Å². The average Bonchev–Trinajstić information content (AvgIpc) is 2.42. The van der Waals surface area contributed by atoms with E-state index in [4.69, 9.17) is 0 Å². The molecular weight excluding hydrogens is 307 g/mol. The molecule has 0 fully saturated rings. The van der Waals surface area contributed by atoms with Gasteiger partial charge in [-0.1, -0.05) is 52.3 Å². The molecule has 96 valence electrons. The van der Waals surface area contributed by atoms with E-state index in [2.05, 4.69) is 27.3 Å². The monoisotopic (exact) mass is 318 g/mol. The Hall–Kier alpha value is -1.70. The number of nitrogens with zero attached hydrogens (tertiary/aromatic N) is 1. The third-order valence-corrected chi connectivity index (χ3v) is 3.44. The van der Waals surface area contributed by atoms with Crippen LogP contribution in [0.15, 0.2) is 53.0 Å². The lowest BCUT2D eigenvalue weighted by molar-refractivity contribution is 0.611. The Kier molecular flexibility index (Phi) is 4.67. The fourth-order valence-electron chi connectivity index (χ4n) is 1.78. The van der Waals surface area contributed by atoms with E-state index in [1.54, 1.807) is 6.07 Å². The van der Waals surface area contributed by atoms with Crippen LogP contribution in [0.2, 0.25) is 0 Å². The number of nitrogens with one attached hydrogen (secondary N) is 1. The van der Waals surface area contributed by atoms with Gasteiger partial charge in [-0.3, -0.25) is 5.32 Å². The van der Waals surface area contributed by atoms with Crippen LogP contribution in [0.4, 0.5) is 4.39 Å². The molecule has 0 heterocycles. The molecule has 1 atom stereocenters. The zero-order valence-corrected chi connectivity index (χ0v) is 11.7. The minimum Gasteiger partial charge on any atom is -0.294 e. The van der Waals surface area contributed by atoms with Gasteiger partial charge in [0, 0.05) is 11.0 Å². The van der Waals surface area contributed by atoms with E-state index < -0.39 is 6.04 Å². The van der Waals surface area contributed by atoms with Crippen LogP contribution in [0.25, 0.3) is 0 Å². The summed E-state index contributed by atoms with van der Waals surface area (Å²) in [4.78, 5) is 0. The normalized spacial score (nSPS) is 11.8. The molecule has 0 spiro atoms. The highest BCUT2D eigenvalue weighted by atomic mass is 79.9. The van der Waals surface area contributed by atoms with Crippen LogP contribution in [-0.2, 0) is 6.54 Å². The van der Waals surface area contributed by atoms with Crippen LogP contribution in [0.3, 0.4) is 0 Å². The highest BCUT2D eigenvalue weighted by Gasteiger charge is 2.13. The standard InChI is InChI=1S/C15H12BrFN2/c16-14-8-12(17)6-7-13(14)15(9-18)19-10-11-4-2-1-3-5-11/h1-8,15,19H,10H2. The third kappa shape index (κ3) is 3.63. The van der Waals surface area contributed by atoms with Crippen molar-refractivity contribution in [3.05, 3.63) is 69.9 Å². The second kappa shape index (κ2) is 6.46. The molecule has 2 aromatic rings. The predicted octanol–water partition coefficient (Wildman–Crippen LogP) is 3.94. The summed E-state index contributed by atoms with van der Waals surface area (Å²) in [6, 6.07) is 15.9. The van der Waals surface area contributed by atoms with Crippen molar-refractivity contribution in [2.24, 2.45) is 0 Å². The van der Waals surface area contributed by atoms with Crippen molar-refractivity contribution in [3.8, 4) is 6.07 Å². The van der Waals surface area contributed by atoms with E-state index in [0.29, 0.717) is 11.0 Å². The topological polar surface area (TPSA) is 35.8 Å². The van der Waals surface area contributed by atoms with Gasteiger partial charge < -0.3 is 0 Å². The van der Waals surface area contributed by atoms with Crippen molar-refractivity contribution < 1.29 is 4.39 Å². The Labute approximate surface area is 120 Å². The van der Waals surface area contributed by atoms with E-state index in [1.807, 2.05) is 30.3 Å². The molecule has 0 bridgehead atoms. The van der Waals surface area contributed by atoms with Crippen LogP contribution in [0.5, 0.6) is 0 Å². The van der Waals surface area contributed by atoms with Crippen LogP contribution in [0.1, 0.15) is 17.2 Å². The molecule has 0 saturated carbocycles. The molecule has 0 amide bonds. The predicted molar refractivity (Wildman–Crippen MR) is 75.7 cm³/mol. The SMILES string of the molecule is N#CC(NCc1ccccc1)c1ccc(F)cc1Br. The van der Waals surface area contributed by atoms with Crippen LogP contribution >= 0.6 is 15.9 Å². The van der Waals surface area contributed by atoms with Crippen molar-refractivity contribution in [2.45, 2.75) is 12.6 Å². The van der Waals surface area contributed by atoms with Crippen LogP contribution in [-0.4, -0.2) is 0 Å². The number of hydrogen-bond donors (Lipinski definition) is 1. The summed E-state index contributed by atoms with van der Waals surface area (Å²) in [5, 5.41) is 12.4. The fraction of sp³-hybridized carbons (Fsp3) is 0.133. The molecule has 0 aliphatic heterocycles. The Morgan fingerprint density at radius 2 is 1.95 bits per heavy atom. The largest absolute Gasteiger partial charge is 0.294 e. The van der Waals surface area contributed by atoms with Crippen molar-refractivity contribution in [2.75, 3.05) is 0 Å². The number of hydrogen-bond acceptors (Lipinski definition) is 2. The number of halogens is 2. The first-order chi connectivity index (χ1) is 9.20. The van der Waals surface area contributed by atoms with Crippen LogP contribution < -0.4 is 5.32 Å². The molecule has 0 aliphatic rings. The first-order valence-corrected chi connectivity index (χ1v) is 6.62. The quantitative estimate of drug-likeness (QED) is 0.926. The molecule has 2 aromatic carbocycles. The molecule has 1 N–H and O–H groups in total. The maximum Gasteiger partial charge on any atom is 0.124 e. The van der Waals surface area contributed by atoms with E-state index in [1.165, 1.54) is 12.1 Å². The van der Waals surface area contributed by atoms with E-state index >= 15 is 0 Å². The van der Waals surface area contributed by atoms with E-state index in [-0.39, 0.29) is 5.82 Å². The number of nitriles is 1. The molecule has 0 aromatic heterocycles. The Bertz CT molecular complexity index is 593. The maximum atomic E-state index is 13.0. The molecule has 1 unspecified atom stereocenters. The summed E-state index contributed by atoms with van der Waals surface area (Å²) < 4.78 is 13.6. The summed E-state index contributed by atoms with van der Waals surface area (Å²) >= 11 is 3.28. The highest BCUT2D eigenvalue weighted by molar-refractivity contribution is 9.10. The van der Waals surface area contributed by atoms with E-state index in [0.717, 1.165) is 11.1 Å². The molecular formula is C15H12BrFN2. The lowest BCUT2D eigenvalue weighted by Crippen LogP contribution is -2.19. The highest BCUT2D eigenvalue weighted by Crippen LogP contribution is 2.24. The van der Waals surface area contributed by atoms with Gasteiger partial charge in [-0.15, -0.1) is 0 Å². The zero-order chi connectivity index (χ0) is 13.7. The van der Waals surface area contributed by atoms with Gasteiger partial charge in [0.15, 0.2) is 0 Å². The second-order valence-corrected chi connectivity index (χ2v) is 4.95. The Morgan fingerprint density at radius 3 is 2.58 bits per heavy atom. The maximum absolute atomic E-state index is 13.0. The van der Waals surface area contributed by atoms with Gasteiger partial charge in [0.2, 0.25) is 0 Å². The van der Waals surface area contributed by atoms with Gasteiger partial charge in [-0.05, 0) is 23.3 Å². The summed E-state index contributed by atoms with van der Waals surface area (Å²) in [5.41, 5.74) is 1.83. The van der Waals surface area contributed by atoms with Gasteiger partial charge in [0.05, 0.1) is 6.07 Å². The van der Waals surface area contributed by atoms with E-state index in [9.17, 15) is 9.65 Å². The molecule has 2 nitrogen and oxygen atoms in total. The molecule has 0 saturated heterocycles.